The Morgan fingerprint density at radius 2 is 1.33 bits per heavy atom. The van der Waals surface area contributed by atoms with E-state index in [0.717, 1.165) is 13.0 Å². The molecule has 2 N–H and O–H groups in total. The third-order valence-corrected chi connectivity index (χ3v) is 7.47. The first kappa shape index (κ1) is 35.8. The van der Waals surface area contributed by atoms with E-state index in [2.05, 4.69) is 11.9 Å². The summed E-state index contributed by atoms with van der Waals surface area (Å²) in [5.74, 6) is 0.598. The molecule has 1 aromatic rings. The van der Waals surface area contributed by atoms with Crippen LogP contribution in [0.25, 0.3) is 0 Å². The van der Waals surface area contributed by atoms with E-state index in [-0.39, 0.29) is 13.2 Å². The SMILES string of the molecule is CCCCCCCCCCCCCCCCCCOCCN(CC)c1ccn(CCOCP(=O)(O)O)c(=O)n1. The number of nitrogens with zero attached hydrogens (tertiary/aromatic N) is 3. The van der Waals surface area contributed by atoms with Crippen molar-refractivity contribution in [1.82, 2.24) is 9.55 Å². The zero-order chi connectivity index (χ0) is 28.6. The van der Waals surface area contributed by atoms with Crippen molar-refractivity contribution in [3.63, 3.8) is 0 Å². The van der Waals surface area contributed by atoms with Crippen molar-refractivity contribution >= 4 is 13.4 Å². The highest BCUT2D eigenvalue weighted by molar-refractivity contribution is 7.51. The zero-order valence-electron chi connectivity index (χ0n) is 24.7. The van der Waals surface area contributed by atoms with Gasteiger partial charge in [-0.1, -0.05) is 103 Å². The van der Waals surface area contributed by atoms with Crippen molar-refractivity contribution in [3.05, 3.63) is 22.7 Å². The lowest BCUT2D eigenvalue weighted by atomic mass is 10.0. The molecule has 0 spiro atoms. The predicted octanol–water partition coefficient (Wildman–Crippen LogP) is 6.50. The highest BCUT2D eigenvalue weighted by Gasteiger charge is 2.13. The van der Waals surface area contributed by atoms with Crippen LogP contribution in [0.4, 0.5) is 5.82 Å². The first-order valence-electron chi connectivity index (χ1n) is 15.4. The number of hydrogen-bond donors (Lipinski definition) is 2. The van der Waals surface area contributed by atoms with Gasteiger partial charge in [0.15, 0.2) is 0 Å². The van der Waals surface area contributed by atoms with Crippen molar-refractivity contribution in [1.29, 1.82) is 0 Å². The van der Waals surface area contributed by atoms with Gasteiger partial charge in [-0.05, 0) is 19.4 Å². The molecule has 1 heterocycles. The molecule has 10 heteroatoms. The fourth-order valence-corrected chi connectivity index (χ4v) is 4.94. The predicted molar refractivity (Wildman–Crippen MR) is 160 cm³/mol. The first-order valence-corrected chi connectivity index (χ1v) is 17.2. The van der Waals surface area contributed by atoms with Crippen LogP contribution in [-0.4, -0.2) is 58.6 Å². The van der Waals surface area contributed by atoms with E-state index in [1.165, 1.54) is 101 Å². The summed E-state index contributed by atoms with van der Waals surface area (Å²) in [6.45, 7) is 7.22. The van der Waals surface area contributed by atoms with Crippen LogP contribution in [0.1, 0.15) is 117 Å². The number of aromatic nitrogens is 2. The Bertz CT molecular complexity index is 816. The lowest BCUT2D eigenvalue weighted by Gasteiger charge is -2.22. The van der Waals surface area contributed by atoms with Crippen molar-refractivity contribution in [3.8, 4) is 0 Å². The quantitative estimate of drug-likeness (QED) is 0.0906. The normalized spacial score (nSPS) is 11.8. The summed E-state index contributed by atoms with van der Waals surface area (Å²) in [6, 6.07) is 1.77. The van der Waals surface area contributed by atoms with Gasteiger partial charge < -0.3 is 24.2 Å². The van der Waals surface area contributed by atoms with Crippen molar-refractivity contribution in [2.24, 2.45) is 0 Å². The molecular formula is C29H56N3O6P. The van der Waals surface area contributed by atoms with E-state index < -0.39 is 19.6 Å². The minimum absolute atomic E-state index is 0.0245. The molecule has 1 rings (SSSR count). The molecule has 0 aliphatic rings. The maximum absolute atomic E-state index is 12.3. The molecule has 0 atom stereocenters. The average Bonchev–Trinajstić information content (AvgIpc) is 2.90. The fourth-order valence-electron chi connectivity index (χ4n) is 4.58. The van der Waals surface area contributed by atoms with E-state index in [1.54, 1.807) is 12.3 Å². The Labute approximate surface area is 236 Å². The largest absolute Gasteiger partial charge is 0.380 e. The van der Waals surface area contributed by atoms with Crippen LogP contribution in [0, 0.1) is 0 Å². The Balaban J connectivity index is 2.01. The summed E-state index contributed by atoms with van der Waals surface area (Å²) in [6.07, 6.45) is 22.7. The van der Waals surface area contributed by atoms with Gasteiger partial charge in [-0.15, -0.1) is 0 Å². The van der Waals surface area contributed by atoms with Crippen LogP contribution in [0.2, 0.25) is 0 Å². The van der Waals surface area contributed by atoms with Crippen LogP contribution < -0.4 is 10.6 Å². The first-order chi connectivity index (χ1) is 18.9. The molecule has 0 saturated heterocycles. The molecule has 0 fully saturated rings. The summed E-state index contributed by atoms with van der Waals surface area (Å²) >= 11 is 0. The van der Waals surface area contributed by atoms with Crippen LogP contribution in [-0.2, 0) is 20.6 Å². The number of ether oxygens (including phenoxy) is 2. The number of rotatable bonds is 27. The minimum Gasteiger partial charge on any atom is -0.380 e. The van der Waals surface area contributed by atoms with E-state index in [9.17, 15) is 9.36 Å². The summed E-state index contributed by atoms with van der Waals surface area (Å²) in [4.78, 5) is 36.0. The van der Waals surface area contributed by atoms with Gasteiger partial charge in [0, 0.05) is 25.9 Å². The zero-order valence-corrected chi connectivity index (χ0v) is 25.6. The lowest BCUT2D eigenvalue weighted by Crippen LogP contribution is -2.32. The molecule has 0 aliphatic carbocycles. The van der Waals surface area contributed by atoms with Crippen molar-refractivity contribution < 1.29 is 23.8 Å². The lowest BCUT2D eigenvalue weighted by molar-refractivity contribution is 0.135. The number of anilines is 1. The molecule has 39 heavy (non-hydrogen) atoms. The molecule has 0 unspecified atom stereocenters. The number of unbranched alkanes of at least 4 members (excludes halogenated alkanes) is 15. The second-order valence-corrected chi connectivity index (χ2v) is 12.0. The van der Waals surface area contributed by atoms with Gasteiger partial charge in [-0.2, -0.15) is 4.98 Å². The Morgan fingerprint density at radius 1 is 0.795 bits per heavy atom. The average molecular weight is 574 g/mol. The van der Waals surface area contributed by atoms with E-state index in [1.807, 2.05) is 11.8 Å². The standard InChI is InChI=1S/C29H56N3O6P/c1-3-5-6-7-8-9-10-11-12-13-14-15-16-17-18-19-24-37-25-22-31(4-2)28-20-21-32(29(33)30-28)23-26-38-27-39(34,35)36/h20-21H,3-19,22-27H2,1-2H3,(H2,34,35,36). The Hall–Kier alpha value is -1.25. The fraction of sp³-hybridized carbons (Fsp3) is 0.862. The van der Waals surface area contributed by atoms with E-state index in [4.69, 9.17) is 19.3 Å². The monoisotopic (exact) mass is 573 g/mol. The van der Waals surface area contributed by atoms with Gasteiger partial charge in [0.05, 0.1) is 19.8 Å². The molecule has 0 saturated carbocycles. The Morgan fingerprint density at radius 3 is 1.82 bits per heavy atom. The highest BCUT2D eigenvalue weighted by Crippen LogP contribution is 2.33. The second-order valence-electron chi connectivity index (χ2n) is 10.5. The van der Waals surface area contributed by atoms with Gasteiger partial charge in [0.25, 0.3) is 0 Å². The molecule has 1 aromatic heterocycles. The topological polar surface area (TPSA) is 114 Å². The van der Waals surface area contributed by atoms with Gasteiger partial charge >= 0.3 is 13.3 Å². The third kappa shape index (κ3) is 20.3. The smallest absolute Gasteiger partial charge is 0.350 e. The van der Waals surface area contributed by atoms with Gasteiger partial charge in [0.2, 0.25) is 0 Å². The number of likely N-dealkylation sites (N-methyl/N-ethyl adjacent to an activating group) is 1. The van der Waals surface area contributed by atoms with Crippen LogP contribution >= 0.6 is 7.60 Å². The van der Waals surface area contributed by atoms with Crippen LogP contribution in [0.5, 0.6) is 0 Å². The summed E-state index contributed by atoms with van der Waals surface area (Å²) in [5.41, 5.74) is -0.417. The molecular weight excluding hydrogens is 517 g/mol. The molecule has 0 bridgehead atoms. The van der Waals surface area contributed by atoms with Crippen molar-refractivity contribution in [2.75, 3.05) is 44.2 Å². The van der Waals surface area contributed by atoms with E-state index >= 15 is 0 Å². The maximum atomic E-state index is 12.3. The van der Waals surface area contributed by atoms with Gasteiger partial charge in [-0.25, -0.2) is 4.79 Å². The second kappa shape index (κ2) is 23.5. The molecule has 0 amide bonds. The summed E-state index contributed by atoms with van der Waals surface area (Å²) in [7, 11) is -4.20. The molecule has 0 aliphatic heterocycles. The molecule has 9 nitrogen and oxygen atoms in total. The highest BCUT2D eigenvalue weighted by atomic mass is 31.2. The molecule has 0 aromatic carbocycles. The Kier molecular flexibility index (Phi) is 21.5. The van der Waals surface area contributed by atoms with E-state index in [0.29, 0.717) is 25.5 Å². The summed E-state index contributed by atoms with van der Waals surface area (Å²) in [5, 5.41) is 0. The van der Waals surface area contributed by atoms with Crippen molar-refractivity contribution in [2.45, 2.75) is 123 Å². The minimum atomic E-state index is -4.20. The van der Waals surface area contributed by atoms with Crippen LogP contribution in [0.3, 0.4) is 0 Å². The molecule has 228 valence electrons. The molecule has 0 radical (unpaired) electrons. The van der Waals surface area contributed by atoms with Crippen LogP contribution in [0.15, 0.2) is 17.1 Å². The van der Waals surface area contributed by atoms with Gasteiger partial charge in [0.1, 0.15) is 12.2 Å². The number of hydrogen-bond acceptors (Lipinski definition) is 6. The summed E-state index contributed by atoms with van der Waals surface area (Å²) < 4.78 is 22.9. The third-order valence-electron chi connectivity index (χ3n) is 6.95. The maximum Gasteiger partial charge on any atom is 0.350 e. The van der Waals surface area contributed by atoms with Gasteiger partial charge in [-0.3, -0.25) is 9.13 Å².